The summed E-state index contributed by atoms with van der Waals surface area (Å²) in [6, 6.07) is 18.8. The van der Waals surface area contributed by atoms with Gasteiger partial charge in [0.25, 0.3) is 5.19 Å². The van der Waals surface area contributed by atoms with Gasteiger partial charge < -0.3 is 4.74 Å². The van der Waals surface area contributed by atoms with Gasteiger partial charge in [0.05, 0.1) is 12.8 Å². The molecule has 0 bridgehead atoms. The van der Waals surface area contributed by atoms with Crippen LogP contribution in [-0.2, 0) is 0 Å². The van der Waals surface area contributed by atoms with Gasteiger partial charge in [-0.2, -0.15) is 0 Å². The molecule has 0 saturated heterocycles. The van der Waals surface area contributed by atoms with Crippen molar-refractivity contribution in [1.29, 1.82) is 0 Å². The van der Waals surface area contributed by atoms with E-state index in [0.717, 1.165) is 11.3 Å². The Morgan fingerprint density at radius 2 is 1.47 bits per heavy atom. The molecule has 1 heterocycles. The molecule has 0 aliphatic carbocycles. The number of hydrogen-bond acceptors (Lipinski definition) is 3. The third-order valence-electron chi connectivity index (χ3n) is 2.95. The Labute approximate surface area is 116 Å². The molecule has 0 spiro atoms. The highest BCUT2D eigenvalue weighted by atomic mass is 32.1. The second kappa shape index (κ2) is 5.24. The molecular weight excluding hydrogens is 254 g/mol. The molecule has 0 N–H and O–H groups in total. The van der Waals surface area contributed by atoms with Crippen LogP contribution in [0.25, 0.3) is 22.4 Å². The molecule has 0 saturated carbocycles. The lowest BCUT2D eigenvalue weighted by Gasteiger charge is -2.02. The first-order chi connectivity index (χ1) is 9.36. The van der Waals surface area contributed by atoms with E-state index in [1.54, 1.807) is 7.11 Å². The number of ether oxygens (including phenoxy) is 1. The Morgan fingerprint density at radius 1 is 0.842 bits per heavy atom. The van der Waals surface area contributed by atoms with Crippen molar-refractivity contribution in [1.82, 2.24) is 4.98 Å². The molecule has 3 heteroatoms. The first kappa shape index (κ1) is 11.9. The molecule has 0 radical (unpaired) electrons. The van der Waals surface area contributed by atoms with Crippen LogP contribution in [-0.4, -0.2) is 12.1 Å². The second-order valence-electron chi connectivity index (χ2n) is 4.15. The Hall–Kier alpha value is -2.13. The van der Waals surface area contributed by atoms with Gasteiger partial charge >= 0.3 is 0 Å². The minimum atomic E-state index is 0.696. The summed E-state index contributed by atoms with van der Waals surface area (Å²) in [4.78, 5) is 4.40. The summed E-state index contributed by atoms with van der Waals surface area (Å²) in [6.45, 7) is 0. The molecule has 3 aromatic rings. The average Bonchev–Trinajstić information content (AvgIpc) is 2.97. The van der Waals surface area contributed by atoms with Crippen LogP contribution in [0.2, 0.25) is 0 Å². The summed E-state index contributed by atoms with van der Waals surface area (Å²) < 4.78 is 5.12. The Balaban J connectivity index is 1.90. The lowest BCUT2D eigenvalue weighted by atomic mass is 10.0. The van der Waals surface area contributed by atoms with E-state index in [4.69, 9.17) is 4.74 Å². The fourth-order valence-electron chi connectivity index (χ4n) is 1.95. The minimum absolute atomic E-state index is 0.696. The topological polar surface area (TPSA) is 22.1 Å². The molecule has 94 valence electrons. The largest absolute Gasteiger partial charge is 0.473 e. The van der Waals surface area contributed by atoms with Crippen LogP contribution in [0.4, 0.5) is 0 Å². The summed E-state index contributed by atoms with van der Waals surface area (Å²) in [5, 5.41) is 2.71. The number of thiazole rings is 1. The quantitative estimate of drug-likeness (QED) is 0.697. The summed E-state index contributed by atoms with van der Waals surface area (Å²) in [5.41, 5.74) is 4.51. The highest BCUT2D eigenvalue weighted by Crippen LogP contribution is 2.28. The second-order valence-corrected chi connectivity index (χ2v) is 4.97. The summed E-state index contributed by atoms with van der Waals surface area (Å²) >= 11 is 1.51. The van der Waals surface area contributed by atoms with Crippen LogP contribution in [0.5, 0.6) is 5.19 Å². The number of rotatable bonds is 3. The molecule has 2 aromatic carbocycles. The lowest BCUT2D eigenvalue weighted by Crippen LogP contribution is -1.82. The fraction of sp³-hybridized carbons (Fsp3) is 0.0625. The molecule has 0 unspecified atom stereocenters. The molecule has 2 nitrogen and oxygen atoms in total. The van der Waals surface area contributed by atoms with Crippen LogP contribution in [0.15, 0.2) is 60.0 Å². The monoisotopic (exact) mass is 267 g/mol. The van der Waals surface area contributed by atoms with E-state index < -0.39 is 0 Å². The molecule has 1 aromatic heterocycles. The maximum Gasteiger partial charge on any atom is 0.273 e. The van der Waals surface area contributed by atoms with Gasteiger partial charge in [-0.15, -0.1) is 0 Å². The SMILES string of the molecule is COc1nc(-c2ccc(-c3ccccc3)cc2)cs1. The van der Waals surface area contributed by atoms with Gasteiger partial charge in [0.1, 0.15) is 0 Å². The van der Waals surface area contributed by atoms with E-state index in [2.05, 4.69) is 53.5 Å². The molecule has 0 aliphatic rings. The molecule has 0 fully saturated rings. The molecule has 0 atom stereocenters. The molecule has 19 heavy (non-hydrogen) atoms. The highest BCUT2D eigenvalue weighted by Gasteiger charge is 2.04. The van der Waals surface area contributed by atoms with Gasteiger partial charge in [0, 0.05) is 10.9 Å². The molecule has 0 aliphatic heterocycles. The van der Waals surface area contributed by atoms with Crippen molar-refractivity contribution in [3.63, 3.8) is 0 Å². The van der Waals surface area contributed by atoms with Crippen molar-refractivity contribution >= 4 is 11.3 Å². The normalized spacial score (nSPS) is 10.4. The maximum atomic E-state index is 5.12. The zero-order valence-electron chi connectivity index (χ0n) is 10.5. The summed E-state index contributed by atoms with van der Waals surface area (Å²) in [6.07, 6.45) is 0. The van der Waals surface area contributed by atoms with E-state index in [1.165, 1.54) is 22.5 Å². The maximum absolute atomic E-state index is 5.12. The Morgan fingerprint density at radius 3 is 2.11 bits per heavy atom. The van der Waals surface area contributed by atoms with Crippen LogP contribution < -0.4 is 4.74 Å². The first-order valence-electron chi connectivity index (χ1n) is 6.02. The average molecular weight is 267 g/mol. The first-order valence-corrected chi connectivity index (χ1v) is 6.90. The van der Waals surface area contributed by atoms with E-state index in [0.29, 0.717) is 5.19 Å². The fourth-order valence-corrected chi connectivity index (χ4v) is 2.60. The predicted octanol–water partition coefficient (Wildman–Crippen LogP) is 4.49. The molecule has 3 rings (SSSR count). The van der Waals surface area contributed by atoms with Gasteiger partial charge in [0.15, 0.2) is 0 Å². The smallest absolute Gasteiger partial charge is 0.273 e. The number of hydrogen-bond donors (Lipinski definition) is 0. The zero-order chi connectivity index (χ0) is 13.1. The van der Waals surface area contributed by atoms with Gasteiger partial charge in [-0.25, -0.2) is 4.98 Å². The third kappa shape index (κ3) is 2.51. The van der Waals surface area contributed by atoms with Gasteiger partial charge in [-0.1, -0.05) is 65.9 Å². The lowest BCUT2D eigenvalue weighted by molar-refractivity contribution is 0.412. The van der Waals surface area contributed by atoms with Crippen LogP contribution >= 0.6 is 11.3 Å². The van der Waals surface area contributed by atoms with Crippen LogP contribution in [0, 0.1) is 0 Å². The van der Waals surface area contributed by atoms with Gasteiger partial charge in [-0.05, 0) is 11.1 Å². The van der Waals surface area contributed by atoms with Crippen LogP contribution in [0.1, 0.15) is 0 Å². The van der Waals surface area contributed by atoms with Crippen molar-refractivity contribution in [3.05, 3.63) is 60.0 Å². The number of nitrogens with zero attached hydrogens (tertiary/aromatic N) is 1. The van der Waals surface area contributed by atoms with Crippen molar-refractivity contribution in [2.45, 2.75) is 0 Å². The van der Waals surface area contributed by atoms with Gasteiger partial charge in [0.2, 0.25) is 0 Å². The van der Waals surface area contributed by atoms with Crippen molar-refractivity contribution in [3.8, 4) is 27.6 Å². The van der Waals surface area contributed by atoms with Crippen molar-refractivity contribution in [2.75, 3.05) is 7.11 Å². The standard InChI is InChI=1S/C16H13NOS/c1-18-16-17-15(11-19-16)14-9-7-13(8-10-14)12-5-3-2-4-6-12/h2-11H,1H3. The van der Waals surface area contributed by atoms with Crippen molar-refractivity contribution < 1.29 is 4.74 Å². The number of methoxy groups -OCH3 is 1. The van der Waals surface area contributed by atoms with E-state index in [9.17, 15) is 0 Å². The zero-order valence-corrected chi connectivity index (χ0v) is 11.4. The Bertz CT molecular complexity index is 659. The number of benzene rings is 2. The molecular formula is C16H13NOS. The predicted molar refractivity (Wildman–Crippen MR) is 79.5 cm³/mol. The summed E-state index contributed by atoms with van der Waals surface area (Å²) in [7, 11) is 1.64. The van der Waals surface area contributed by atoms with E-state index in [1.807, 2.05) is 11.4 Å². The van der Waals surface area contributed by atoms with Crippen molar-refractivity contribution in [2.24, 2.45) is 0 Å². The Kier molecular flexibility index (Phi) is 3.29. The van der Waals surface area contributed by atoms with E-state index in [-0.39, 0.29) is 0 Å². The molecule has 0 amide bonds. The minimum Gasteiger partial charge on any atom is -0.473 e. The van der Waals surface area contributed by atoms with Gasteiger partial charge in [-0.3, -0.25) is 0 Å². The van der Waals surface area contributed by atoms with E-state index >= 15 is 0 Å². The van der Waals surface area contributed by atoms with Crippen LogP contribution in [0.3, 0.4) is 0 Å². The summed E-state index contributed by atoms with van der Waals surface area (Å²) in [5.74, 6) is 0. The third-order valence-corrected chi connectivity index (χ3v) is 3.75. The highest BCUT2D eigenvalue weighted by molar-refractivity contribution is 7.11. The number of aromatic nitrogens is 1.